The van der Waals surface area contributed by atoms with Gasteiger partial charge in [-0.05, 0) is 35.9 Å². The van der Waals surface area contributed by atoms with Crippen LogP contribution in [0.1, 0.15) is 11.1 Å². The number of benzene rings is 3. The van der Waals surface area contributed by atoms with Gasteiger partial charge in [0.05, 0.1) is 23.3 Å². The van der Waals surface area contributed by atoms with E-state index in [2.05, 4.69) is 5.10 Å². The van der Waals surface area contributed by atoms with Gasteiger partial charge in [-0.3, -0.25) is 14.9 Å². The van der Waals surface area contributed by atoms with Gasteiger partial charge in [-0.2, -0.15) is 10.1 Å². The number of hydrogen-bond donors (Lipinski definition) is 0. The molecule has 4 rings (SSSR count). The van der Waals surface area contributed by atoms with E-state index in [0.717, 1.165) is 16.9 Å². The number of nitro groups is 1. The number of nitro benzene ring substituents is 1. The SMILES string of the molecule is COc1ccc(/C=C2/C(=O)N(c3ccc([N+](=O)[O-])cc3)N=C2c2ccccc2)cc1. The second kappa shape index (κ2) is 8.00. The van der Waals surface area contributed by atoms with E-state index >= 15 is 0 Å². The molecular formula is C23H17N3O4. The first-order valence-corrected chi connectivity index (χ1v) is 9.16. The van der Waals surface area contributed by atoms with Crippen LogP contribution >= 0.6 is 0 Å². The van der Waals surface area contributed by atoms with Crippen LogP contribution in [0.3, 0.4) is 0 Å². The van der Waals surface area contributed by atoms with Crippen LogP contribution in [-0.2, 0) is 4.79 Å². The first kappa shape index (κ1) is 19.1. The second-order valence-corrected chi connectivity index (χ2v) is 6.54. The van der Waals surface area contributed by atoms with Gasteiger partial charge in [0, 0.05) is 17.7 Å². The Labute approximate surface area is 172 Å². The molecule has 0 spiro atoms. The third kappa shape index (κ3) is 3.68. The molecule has 0 unspecified atom stereocenters. The molecule has 0 aliphatic carbocycles. The van der Waals surface area contributed by atoms with E-state index in [1.54, 1.807) is 13.2 Å². The second-order valence-electron chi connectivity index (χ2n) is 6.54. The van der Waals surface area contributed by atoms with Crippen LogP contribution in [0, 0.1) is 10.1 Å². The van der Waals surface area contributed by atoms with Gasteiger partial charge in [0.2, 0.25) is 0 Å². The van der Waals surface area contributed by atoms with Crippen LogP contribution in [-0.4, -0.2) is 23.7 Å². The van der Waals surface area contributed by atoms with Crippen molar-refractivity contribution in [2.24, 2.45) is 5.10 Å². The number of carbonyl (C=O) groups is 1. The Morgan fingerprint density at radius 2 is 1.63 bits per heavy atom. The Balaban J connectivity index is 1.76. The topological polar surface area (TPSA) is 85.0 Å². The summed E-state index contributed by atoms with van der Waals surface area (Å²) in [5.74, 6) is 0.415. The van der Waals surface area contributed by atoms with E-state index in [1.807, 2.05) is 54.6 Å². The van der Waals surface area contributed by atoms with Gasteiger partial charge in [0.1, 0.15) is 11.5 Å². The Kier molecular flexibility index (Phi) is 5.09. The standard InChI is InChI=1S/C23H17N3O4/c1-30-20-13-7-16(8-14-20)15-21-22(17-5-3-2-4-6-17)24-25(23(21)27)18-9-11-19(12-10-18)26(28)29/h2-15H,1H3/b21-15+. The highest BCUT2D eigenvalue weighted by atomic mass is 16.6. The van der Waals surface area contributed by atoms with Crippen LogP contribution in [0.5, 0.6) is 5.75 Å². The van der Waals surface area contributed by atoms with Crippen molar-refractivity contribution >= 4 is 29.1 Å². The summed E-state index contributed by atoms with van der Waals surface area (Å²) < 4.78 is 5.18. The molecule has 0 radical (unpaired) electrons. The normalized spacial score (nSPS) is 14.7. The van der Waals surface area contributed by atoms with Crippen LogP contribution in [0.25, 0.3) is 6.08 Å². The minimum atomic E-state index is -0.483. The molecule has 0 N–H and O–H groups in total. The van der Waals surface area contributed by atoms with Crippen molar-refractivity contribution in [1.82, 2.24) is 0 Å². The van der Waals surface area contributed by atoms with Crippen molar-refractivity contribution in [3.05, 3.63) is 106 Å². The maximum absolute atomic E-state index is 13.2. The van der Waals surface area contributed by atoms with Crippen LogP contribution in [0.4, 0.5) is 11.4 Å². The Hall–Kier alpha value is -4.26. The number of hydrazone groups is 1. The van der Waals surface area contributed by atoms with Gasteiger partial charge in [-0.15, -0.1) is 0 Å². The lowest BCUT2D eigenvalue weighted by Crippen LogP contribution is -2.21. The predicted octanol–water partition coefficient (Wildman–Crippen LogP) is 4.44. The number of non-ortho nitro benzene ring substituents is 1. The highest BCUT2D eigenvalue weighted by Crippen LogP contribution is 2.29. The Morgan fingerprint density at radius 1 is 0.967 bits per heavy atom. The van der Waals surface area contributed by atoms with Gasteiger partial charge in [-0.1, -0.05) is 42.5 Å². The molecule has 0 atom stereocenters. The molecule has 0 saturated carbocycles. The summed E-state index contributed by atoms with van der Waals surface area (Å²) in [4.78, 5) is 23.7. The molecule has 1 amide bonds. The zero-order chi connectivity index (χ0) is 21.1. The number of amides is 1. The molecular weight excluding hydrogens is 382 g/mol. The van der Waals surface area contributed by atoms with Gasteiger partial charge in [0.25, 0.3) is 11.6 Å². The van der Waals surface area contributed by atoms with Crippen molar-refractivity contribution < 1.29 is 14.5 Å². The van der Waals surface area contributed by atoms with Crippen molar-refractivity contribution in [3.8, 4) is 5.75 Å². The largest absolute Gasteiger partial charge is 0.497 e. The summed E-state index contributed by atoms with van der Waals surface area (Å²) in [6.45, 7) is 0. The number of ether oxygens (including phenoxy) is 1. The summed E-state index contributed by atoms with van der Waals surface area (Å²) in [6, 6.07) is 22.5. The highest BCUT2D eigenvalue weighted by Gasteiger charge is 2.32. The monoisotopic (exact) mass is 399 g/mol. The first-order valence-electron chi connectivity index (χ1n) is 9.16. The molecule has 3 aromatic carbocycles. The molecule has 0 saturated heterocycles. The summed E-state index contributed by atoms with van der Waals surface area (Å²) >= 11 is 0. The number of rotatable bonds is 5. The maximum atomic E-state index is 13.2. The molecule has 0 fully saturated rings. The van der Waals surface area contributed by atoms with Crippen molar-refractivity contribution in [2.45, 2.75) is 0 Å². The molecule has 1 aliphatic heterocycles. The van der Waals surface area contributed by atoms with Crippen molar-refractivity contribution in [2.75, 3.05) is 12.1 Å². The minimum Gasteiger partial charge on any atom is -0.497 e. The van der Waals surface area contributed by atoms with E-state index < -0.39 is 4.92 Å². The Morgan fingerprint density at radius 3 is 2.23 bits per heavy atom. The smallest absolute Gasteiger partial charge is 0.281 e. The fourth-order valence-corrected chi connectivity index (χ4v) is 3.11. The Bertz CT molecular complexity index is 1150. The predicted molar refractivity (Wildman–Crippen MR) is 115 cm³/mol. The zero-order valence-corrected chi connectivity index (χ0v) is 16.1. The quantitative estimate of drug-likeness (QED) is 0.361. The third-order valence-corrected chi connectivity index (χ3v) is 4.66. The van der Waals surface area contributed by atoms with E-state index in [4.69, 9.17) is 4.74 Å². The third-order valence-electron chi connectivity index (χ3n) is 4.66. The average Bonchev–Trinajstić information content (AvgIpc) is 3.11. The number of methoxy groups -OCH3 is 1. The molecule has 148 valence electrons. The lowest BCUT2D eigenvalue weighted by Gasteiger charge is -2.11. The van der Waals surface area contributed by atoms with Crippen LogP contribution < -0.4 is 9.75 Å². The van der Waals surface area contributed by atoms with Gasteiger partial charge < -0.3 is 4.74 Å². The molecule has 1 heterocycles. The van der Waals surface area contributed by atoms with Crippen molar-refractivity contribution in [1.29, 1.82) is 0 Å². The lowest BCUT2D eigenvalue weighted by molar-refractivity contribution is -0.384. The molecule has 7 nitrogen and oxygen atoms in total. The molecule has 3 aromatic rings. The summed E-state index contributed by atoms with van der Waals surface area (Å²) in [5.41, 5.74) is 3.01. The molecule has 0 bridgehead atoms. The number of carbonyl (C=O) groups excluding carboxylic acids is 1. The van der Waals surface area contributed by atoms with E-state index in [0.29, 0.717) is 17.0 Å². The summed E-state index contributed by atoms with van der Waals surface area (Å²) in [6.07, 6.45) is 1.78. The average molecular weight is 399 g/mol. The fourth-order valence-electron chi connectivity index (χ4n) is 3.11. The zero-order valence-electron chi connectivity index (χ0n) is 16.1. The summed E-state index contributed by atoms with van der Waals surface area (Å²) in [7, 11) is 1.59. The van der Waals surface area contributed by atoms with Crippen LogP contribution in [0.15, 0.2) is 89.5 Å². The van der Waals surface area contributed by atoms with Gasteiger partial charge in [0.15, 0.2) is 0 Å². The van der Waals surface area contributed by atoms with E-state index in [-0.39, 0.29) is 11.6 Å². The molecule has 0 aromatic heterocycles. The lowest BCUT2D eigenvalue weighted by atomic mass is 10.0. The molecule has 30 heavy (non-hydrogen) atoms. The number of hydrogen-bond acceptors (Lipinski definition) is 5. The maximum Gasteiger partial charge on any atom is 0.281 e. The van der Waals surface area contributed by atoms with Crippen molar-refractivity contribution in [3.63, 3.8) is 0 Å². The first-order chi connectivity index (χ1) is 14.6. The van der Waals surface area contributed by atoms with Gasteiger partial charge in [-0.25, -0.2) is 0 Å². The number of anilines is 1. The summed E-state index contributed by atoms with van der Waals surface area (Å²) in [5, 5.41) is 16.7. The van der Waals surface area contributed by atoms with E-state index in [1.165, 1.54) is 29.3 Å². The highest BCUT2D eigenvalue weighted by molar-refractivity contribution is 6.37. The molecule has 7 heteroatoms. The minimum absolute atomic E-state index is 0.0494. The van der Waals surface area contributed by atoms with Gasteiger partial charge >= 0.3 is 0 Å². The molecule has 1 aliphatic rings. The fraction of sp³-hybridized carbons (Fsp3) is 0.0435. The van der Waals surface area contributed by atoms with Crippen LogP contribution in [0.2, 0.25) is 0 Å². The van der Waals surface area contributed by atoms with E-state index in [9.17, 15) is 14.9 Å². The number of nitrogens with zero attached hydrogens (tertiary/aromatic N) is 3.